The van der Waals surface area contributed by atoms with Crippen LogP contribution in [-0.2, 0) is 19.8 Å². The SMILES string of the molecule is COCCCC[C@@](O)(c1cccc(F)c1-c1cccc(C)c1)C1CN(C(=O)OC(C)(C)C)CCO1. The van der Waals surface area contributed by atoms with Crippen LogP contribution in [0.1, 0.15) is 51.2 Å². The van der Waals surface area contributed by atoms with Gasteiger partial charge in [-0.05, 0) is 64.2 Å². The molecule has 1 unspecified atom stereocenters. The van der Waals surface area contributed by atoms with Crippen LogP contribution in [0.3, 0.4) is 0 Å². The summed E-state index contributed by atoms with van der Waals surface area (Å²) in [5.74, 6) is -0.414. The maximum Gasteiger partial charge on any atom is 0.410 e. The minimum Gasteiger partial charge on any atom is -0.444 e. The fraction of sp³-hybridized carbons (Fsp3) is 0.536. The van der Waals surface area contributed by atoms with Crippen molar-refractivity contribution in [1.82, 2.24) is 4.90 Å². The number of aryl methyl sites for hydroxylation is 1. The van der Waals surface area contributed by atoms with Gasteiger partial charge in [-0.1, -0.05) is 42.0 Å². The van der Waals surface area contributed by atoms with Crippen molar-refractivity contribution in [1.29, 1.82) is 0 Å². The molecule has 1 saturated heterocycles. The van der Waals surface area contributed by atoms with Crippen LogP contribution in [-0.4, -0.2) is 61.2 Å². The van der Waals surface area contributed by atoms with Crippen LogP contribution >= 0.6 is 0 Å². The summed E-state index contributed by atoms with van der Waals surface area (Å²) in [4.78, 5) is 14.4. The molecule has 0 saturated carbocycles. The molecular weight excluding hydrogens is 449 g/mol. The predicted molar refractivity (Wildman–Crippen MR) is 134 cm³/mol. The molecule has 2 aromatic rings. The first kappa shape index (κ1) is 27.1. The van der Waals surface area contributed by atoms with Gasteiger partial charge in [-0.3, -0.25) is 0 Å². The average molecular weight is 488 g/mol. The summed E-state index contributed by atoms with van der Waals surface area (Å²) in [5, 5.41) is 12.3. The molecule has 0 bridgehead atoms. The molecule has 0 radical (unpaired) electrons. The zero-order valence-corrected chi connectivity index (χ0v) is 21.5. The van der Waals surface area contributed by atoms with Gasteiger partial charge < -0.3 is 24.2 Å². The lowest BCUT2D eigenvalue weighted by molar-refractivity contribution is -0.150. The Labute approximate surface area is 208 Å². The van der Waals surface area contributed by atoms with Crippen molar-refractivity contribution in [2.75, 3.05) is 33.4 Å². The topological polar surface area (TPSA) is 68.2 Å². The number of aliphatic hydroxyl groups is 1. The number of ether oxygens (including phenoxy) is 3. The Balaban J connectivity index is 2.02. The van der Waals surface area contributed by atoms with Gasteiger partial charge in [0.1, 0.15) is 23.1 Å². The third kappa shape index (κ3) is 6.81. The summed E-state index contributed by atoms with van der Waals surface area (Å²) in [6, 6.07) is 12.3. The van der Waals surface area contributed by atoms with E-state index >= 15 is 4.39 Å². The lowest BCUT2D eigenvalue weighted by Crippen LogP contribution is -2.55. The zero-order valence-electron chi connectivity index (χ0n) is 21.5. The van der Waals surface area contributed by atoms with E-state index in [1.165, 1.54) is 6.07 Å². The molecule has 0 aliphatic carbocycles. The normalized spacial score (nSPS) is 18.3. The second kappa shape index (κ2) is 11.5. The van der Waals surface area contributed by atoms with Crippen LogP contribution < -0.4 is 0 Å². The fourth-order valence-electron chi connectivity index (χ4n) is 4.52. The van der Waals surface area contributed by atoms with Gasteiger partial charge in [0.05, 0.1) is 13.2 Å². The molecule has 2 aromatic carbocycles. The molecule has 1 amide bonds. The summed E-state index contributed by atoms with van der Waals surface area (Å²) in [5.41, 5.74) is 0.316. The number of hydrogen-bond acceptors (Lipinski definition) is 5. The van der Waals surface area contributed by atoms with E-state index in [-0.39, 0.29) is 13.2 Å². The first-order chi connectivity index (χ1) is 16.5. The van der Waals surface area contributed by atoms with Gasteiger partial charge in [-0.2, -0.15) is 0 Å². The summed E-state index contributed by atoms with van der Waals surface area (Å²) in [7, 11) is 1.64. The molecular formula is C28H38FNO5. The van der Waals surface area contributed by atoms with Gasteiger partial charge in [0.2, 0.25) is 0 Å². The molecule has 1 N–H and O–H groups in total. The van der Waals surface area contributed by atoms with Gasteiger partial charge in [-0.15, -0.1) is 0 Å². The van der Waals surface area contributed by atoms with Gasteiger partial charge >= 0.3 is 6.09 Å². The molecule has 35 heavy (non-hydrogen) atoms. The van der Waals surface area contributed by atoms with E-state index in [1.54, 1.807) is 24.1 Å². The van der Waals surface area contributed by atoms with Gasteiger partial charge in [-0.25, -0.2) is 9.18 Å². The Morgan fingerprint density at radius 3 is 2.63 bits per heavy atom. The number of halogens is 1. The highest BCUT2D eigenvalue weighted by atomic mass is 19.1. The van der Waals surface area contributed by atoms with Crippen molar-refractivity contribution in [3.63, 3.8) is 0 Å². The van der Waals surface area contributed by atoms with Gasteiger partial charge in [0.15, 0.2) is 0 Å². The van der Waals surface area contributed by atoms with E-state index in [0.717, 1.165) is 12.0 Å². The smallest absolute Gasteiger partial charge is 0.410 e. The Morgan fingerprint density at radius 2 is 1.94 bits per heavy atom. The predicted octanol–water partition coefficient (Wildman–Crippen LogP) is 5.44. The van der Waals surface area contributed by atoms with Crippen LogP contribution in [0.2, 0.25) is 0 Å². The van der Waals surface area contributed by atoms with Crippen molar-refractivity contribution >= 4 is 6.09 Å². The number of morpholine rings is 1. The first-order valence-electron chi connectivity index (χ1n) is 12.2. The molecule has 1 aliphatic rings. The highest BCUT2D eigenvalue weighted by molar-refractivity contribution is 5.71. The largest absolute Gasteiger partial charge is 0.444 e. The first-order valence-corrected chi connectivity index (χ1v) is 12.2. The van der Waals surface area contributed by atoms with Crippen molar-refractivity contribution in [3.8, 4) is 11.1 Å². The lowest BCUT2D eigenvalue weighted by atomic mass is 9.78. The van der Waals surface area contributed by atoms with Crippen molar-refractivity contribution in [3.05, 3.63) is 59.4 Å². The van der Waals surface area contributed by atoms with E-state index in [4.69, 9.17) is 14.2 Å². The maximum absolute atomic E-state index is 15.3. The Bertz CT molecular complexity index is 1010. The number of unbranched alkanes of at least 4 members (excludes halogenated alkanes) is 1. The third-order valence-electron chi connectivity index (χ3n) is 6.19. The minimum atomic E-state index is -1.53. The van der Waals surface area contributed by atoms with Gasteiger partial charge in [0, 0.05) is 25.8 Å². The molecule has 192 valence electrons. The highest BCUT2D eigenvalue weighted by Crippen LogP contribution is 2.41. The monoisotopic (exact) mass is 487 g/mol. The van der Waals surface area contributed by atoms with Crippen molar-refractivity contribution in [2.24, 2.45) is 0 Å². The number of amides is 1. The van der Waals surface area contributed by atoms with Crippen LogP contribution in [0, 0.1) is 12.7 Å². The summed E-state index contributed by atoms with van der Waals surface area (Å²) >= 11 is 0. The Kier molecular flexibility index (Phi) is 8.91. The number of carbonyl (C=O) groups is 1. The van der Waals surface area contributed by atoms with Crippen LogP contribution in [0.25, 0.3) is 11.1 Å². The molecule has 2 atom stereocenters. The van der Waals surface area contributed by atoms with Gasteiger partial charge in [0.25, 0.3) is 0 Å². The number of benzene rings is 2. The van der Waals surface area contributed by atoms with Crippen molar-refractivity contribution < 1.29 is 28.5 Å². The number of nitrogens with zero attached hydrogens (tertiary/aromatic N) is 1. The molecule has 1 aliphatic heterocycles. The third-order valence-corrected chi connectivity index (χ3v) is 6.19. The summed E-state index contributed by atoms with van der Waals surface area (Å²) < 4.78 is 32.1. The summed E-state index contributed by atoms with van der Waals surface area (Å²) in [6.45, 7) is 8.70. The standard InChI is InChI=1S/C28H38FNO5/c1-20-10-8-11-21(18-20)25-22(12-9-13-23(25)29)28(32,14-6-7-16-33-5)24-19-30(15-17-34-24)26(31)35-27(2,3)4/h8-13,18,24,32H,6-7,14-17,19H2,1-5H3/t24?,28-/m1/s1. The summed E-state index contributed by atoms with van der Waals surface area (Å²) in [6.07, 6.45) is 0.491. The zero-order chi connectivity index (χ0) is 25.6. The molecule has 1 heterocycles. The maximum atomic E-state index is 15.3. The van der Waals surface area contributed by atoms with Crippen LogP contribution in [0.5, 0.6) is 0 Å². The lowest BCUT2D eigenvalue weighted by Gasteiger charge is -2.43. The molecule has 1 fully saturated rings. The average Bonchev–Trinajstić information content (AvgIpc) is 2.80. The molecule has 3 rings (SSSR count). The van der Waals surface area contributed by atoms with Crippen LogP contribution in [0.4, 0.5) is 9.18 Å². The number of rotatable bonds is 8. The molecule has 0 aromatic heterocycles. The number of carbonyl (C=O) groups excluding carboxylic acids is 1. The number of hydrogen-bond donors (Lipinski definition) is 1. The Hall–Kier alpha value is -2.48. The molecule has 0 spiro atoms. The fourth-order valence-corrected chi connectivity index (χ4v) is 4.52. The second-order valence-corrected chi connectivity index (χ2v) is 10.2. The highest BCUT2D eigenvalue weighted by Gasteiger charge is 2.44. The van der Waals surface area contributed by atoms with E-state index in [2.05, 4.69) is 0 Å². The Morgan fingerprint density at radius 1 is 1.20 bits per heavy atom. The number of methoxy groups -OCH3 is 1. The van der Waals surface area contributed by atoms with E-state index in [9.17, 15) is 9.90 Å². The molecule has 7 heteroatoms. The van der Waals surface area contributed by atoms with Crippen LogP contribution in [0.15, 0.2) is 42.5 Å². The van der Waals surface area contributed by atoms with E-state index in [1.807, 2.05) is 52.0 Å². The second-order valence-electron chi connectivity index (χ2n) is 10.2. The minimum absolute atomic E-state index is 0.138. The van der Waals surface area contributed by atoms with Crippen molar-refractivity contribution in [2.45, 2.75) is 64.3 Å². The van der Waals surface area contributed by atoms with E-state index in [0.29, 0.717) is 42.7 Å². The van der Waals surface area contributed by atoms with E-state index < -0.39 is 29.2 Å². The quantitative estimate of drug-likeness (QED) is 0.502. The molecule has 6 nitrogen and oxygen atoms in total.